The number of hydrogen-bond donors (Lipinski definition) is 0. The van der Waals surface area contributed by atoms with E-state index in [2.05, 4.69) is 9.17 Å². The Morgan fingerprint density at radius 3 is 1.57 bits per heavy atom. The van der Waals surface area contributed by atoms with E-state index in [0.29, 0.717) is 28.6 Å². The van der Waals surface area contributed by atoms with Crippen LogP contribution in [0.15, 0.2) is 103 Å². The summed E-state index contributed by atoms with van der Waals surface area (Å²) in [5.41, 5.74) is -2.47. The van der Waals surface area contributed by atoms with Gasteiger partial charge in [-0.25, -0.2) is 15.0 Å². The summed E-state index contributed by atoms with van der Waals surface area (Å²) >= 11 is 0. The van der Waals surface area contributed by atoms with Gasteiger partial charge in [0.15, 0.2) is 23.2 Å². The van der Waals surface area contributed by atoms with E-state index in [1.54, 1.807) is 36.4 Å². The molecule has 1 aromatic heterocycles. The van der Waals surface area contributed by atoms with Gasteiger partial charge < -0.3 is 4.18 Å². The number of rotatable bonds is 6. The van der Waals surface area contributed by atoms with Crippen LogP contribution in [0.25, 0.3) is 45.3 Å². The molecule has 0 unspecified atom stereocenters. The van der Waals surface area contributed by atoms with Gasteiger partial charge in [-0.05, 0) is 34.7 Å². The third-order valence-electron chi connectivity index (χ3n) is 6.46. The Morgan fingerprint density at radius 2 is 1.07 bits per heavy atom. The van der Waals surface area contributed by atoms with Crippen LogP contribution in [0.1, 0.15) is 26.3 Å². The highest BCUT2D eigenvalue weighted by Gasteiger charge is 2.48. The van der Waals surface area contributed by atoms with Crippen molar-refractivity contribution >= 4 is 10.1 Å². The molecule has 0 amide bonds. The molecule has 5 aromatic rings. The molecule has 10 heteroatoms. The summed E-state index contributed by atoms with van der Waals surface area (Å²) in [6, 6.07) is 30.1. The molecular formula is C32H26F3N3O3S. The number of halogens is 3. The third kappa shape index (κ3) is 6.18. The van der Waals surface area contributed by atoms with Gasteiger partial charge in [0.2, 0.25) is 0 Å². The Kier molecular flexibility index (Phi) is 7.59. The van der Waals surface area contributed by atoms with Crippen LogP contribution in [0.5, 0.6) is 5.75 Å². The Balaban J connectivity index is 1.67. The van der Waals surface area contributed by atoms with Gasteiger partial charge in [-0.1, -0.05) is 106 Å². The number of aromatic nitrogens is 3. The molecule has 0 saturated heterocycles. The molecule has 0 bridgehead atoms. The maximum Gasteiger partial charge on any atom is 0.534 e. The maximum atomic E-state index is 13.2. The predicted octanol–water partition coefficient (Wildman–Crippen LogP) is 8.07. The smallest absolute Gasteiger partial charge is 0.375 e. The van der Waals surface area contributed by atoms with Crippen LogP contribution in [0.3, 0.4) is 0 Å². The topological polar surface area (TPSA) is 82.0 Å². The van der Waals surface area contributed by atoms with E-state index in [4.69, 9.17) is 9.97 Å². The Morgan fingerprint density at radius 1 is 0.595 bits per heavy atom. The molecule has 5 rings (SSSR count). The van der Waals surface area contributed by atoms with Crippen LogP contribution in [0.4, 0.5) is 13.2 Å². The van der Waals surface area contributed by atoms with Gasteiger partial charge in [-0.15, -0.1) is 0 Å². The third-order valence-corrected chi connectivity index (χ3v) is 7.43. The minimum absolute atomic E-state index is 0.178. The lowest BCUT2D eigenvalue weighted by atomic mass is 9.85. The fraction of sp³-hybridized carbons (Fsp3) is 0.156. The minimum atomic E-state index is -5.90. The van der Waals surface area contributed by atoms with Crippen LogP contribution in [-0.4, -0.2) is 28.9 Å². The molecule has 42 heavy (non-hydrogen) atoms. The molecule has 0 spiro atoms. The van der Waals surface area contributed by atoms with Crippen molar-refractivity contribution < 1.29 is 25.8 Å². The SMILES string of the molecule is CC(C)(C)c1ccc(OS(=O)(=O)C(F)(F)F)c(-c2cccc(-c3nc(-c4ccccc4)nc(-c4ccccc4)n3)c2)c1. The fourth-order valence-electron chi connectivity index (χ4n) is 4.22. The van der Waals surface area contributed by atoms with Crippen molar-refractivity contribution in [2.24, 2.45) is 0 Å². The van der Waals surface area contributed by atoms with Gasteiger partial charge >= 0.3 is 15.6 Å². The quantitative estimate of drug-likeness (QED) is 0.147. The molecule has 0 saturated carbocycles. The highest BCUT2D eigenvalue weighted by molar-refractivity contribution is 7.88. The number of nitrogens with zero attached hydrogens (tertiary/aromatic N) is 3. The fourth-order valence-corrected chi connectivity index (χ4v) is 4.70. The molecular weight excluding hydrogens is 563 g/mol. The normalized spacial score (nSPS) is 12.2. The van der Waals surface area contributed by atoms with Gasteiger partial charge in [-0.2, -0.15) is 21.6 Å². The lowest BCUT2D eigenvalue weighted by Crippen LogP contribution is -2.28. The first kappa shape index (κ1) is 28.9. The summed E-state index contributed by atoms with van der Waals surface area (Å²) in [4.78, 5) is 14.1. The van der Waals surface area contributed by atoms with Crippen LogP contribution >= 0.6 is 0 Å². The van der Waals surface area contributed by atoms with E-state index < -0.39 is 21.4 Å². The van der Waals surface area contributed by atoms with Gasteiger partial charge in [0.1, 0.15) is 0 Å². The maximum absolute atomic E-state index is 13.2. The molecule has 1 heterocycles. The second-order valence-electron chi connectivity index (χ2n) is 10.6. The van der Waals surface area contributed by atoms with Crippen LogP contribution in [0.2, 0.25) is 0 Å². The molecule has 0 N–H and O–H groups in total. The van der Waals surface area contributed by atoms with Crippen molar-refractivity contribution in [2.75, 3.05) is 0 Å². The number of alkyl halides is 3. The van der Waals surface area contributed by atoms with Crippen LogP contribution in [-0.2, 0) is 15.5 Å². The molecule has 0 fully saturated rings. The minimum Gasteiger partial charge on any atom is -0.375 e. The molecule has 4 aromatic carbocycles. The first-order valence-corrected chi connectivity index (χ1v) is 14.4. The summed E-state index contributed by atoms with van der Waals surface area (Å²) in [5.74, 6) is 0.782. The predicted molar refractivity (Wildman–Crippen MR) is 156 cm³/mol. The van der Waals surface area contributed by atoms with Crippen LogP contribution in [0, 0.1) is 0 Å². The van der Waals surface area contributed by atoms with Crippen molar-refractivity contribution in [3.05, 3.63) is 109 Å². The number of hydrogen-bond acceptors (Lipinski definition) is 6. The lowest BCUT2D eigenvalue weighted by Gasteiger charge is -2.22. The molecule has 0 aliphatic carbocycles. The second-order valence-corrected chi connectivity index (χ2v) is 12.1. The Bertz CT molecular complexity index is 1780. The summed E-state index contributed by atoms with van der Waals surface area (Å²) < 4.78 is 68.2. The van der Waals surface area contributed by atoms with Gasteiger partial charge in [-0.3, -0.25) is 0 Å². The first-order chi connectivity index (χ1) is 19.8. The largest absolute Gasteiger partial charge is 0.534 e. The van der Waals surface area contributed by atoms with E-state index in [0.717, 1.165) is 16.7 Å². The van der Waals surface area contributed by atoms with Crippen LogP contribution < -0.4 is 4.18 Å². The first-order valence-electron chi connectivity index (χ1n) is 12.9. The zero-order chi connectivity index (χ0) is 30.1. The molecule has 0 atom stereocenters. The Hall–Kier alpha value is -4.57. The lowest BCUT2D eigenvalue weighted by molar-refractivity contribution is -0.0499. The number of benzene rings is 4. The van der Waals surface area contributed by atoms with E-state index in [1.165, 1.54) is 6.07 Å². The van der Waals surface area contributed by atoms with Gasteiger partial charge in [0, 0.05) is 22.3 Å². The van der Waals surface area contributed by atoms with Crippen molar-refractivity contribution in [3.63, 3.8) is 0 Å². The zero-order valence-electron chi connectivity index (χ0n) is 22.9. The van der Waals surface area contributed by atoms with E-state index >= 15 is 0 Å². The summed E-state index contributed by atoms with van der Waals surface area (Å²) in [7, 11) is -5.90. The second kappa shape index (κ2) is 11.0. The highest BCUT2D eigenvalue weighted by atomic mass is 32.2. The molecule has 0 aliphatic rings. The summed E-state index contributed by atoms with van der Waals surface area (Å²) in [5, 5.41) is 0. The van der Waals surface area contributed by atoms with Gasteiger partial charge in [0.25, 0.3) is 0 Å². The summed E-state index contributed by atoms with van der Waals surface area (Å²) in [6.45, 7) is 5.82. The zero-order valence-corrected chi connectivity index (χ0v) is 23.7. The standard InChI is InChI=1S/C32H26F3N3O3S/c1-31(2,3)25-17-18-27(41-42(39,40)32(33,34)35)26(20-25)23-15-10-16-24(19-23)30-37-28(21-11-6-4-7-12-21)36-29(38-30)22-13-8-5-9-14-22/h4-20H,1-3H3. The average molecular weight is 590 g/mol. The van der Waals surface area contributed by atoms with Crippen molar-refractivity contribution in [2.45, 2.75) is 31.7 Å². The molecule has 0 aliphatic heterocycles. The van der Waals surface area contributed by atoms with Crippen molar-refractivity contribution in [3.8, 4) is 51.0 Å². The van der Waals surface area contributed by atoms with Gasteiger partial charge in [0.05, 0.1) is 0 Å². The van der Waals surface area contributed by atoms with E-state index in [1.807, 2.05) is 81.4 Å². The molecule has 6 nitrogen and oxygen atoms in total. The van der Waals surface area contributed by atoms with E-state index in [-0.39, 0.29) is 11.0 Å². The monoisotopic (exact) mass is 589 g/mol. The summed E-state index contributed by atoms with van der Waals surface area (Å²) in [6.07, 6.45) is 0. The average Bonchev–Trinajstić information content (AvgIpc) is 2.97. The molecule has 0 radical (unpaired) electrons. The Labute approximate surface area is 242 Å². The van der Waals surface area contributed by atoms with Crippen molar-refractivity contribution in [1.82, 2.24) is 15.0 Å². The van der Waals surface area contributed by atoms with E-state index in [9.17, 15) is 21.6 Å². The molecule has 214 valence electrons. The van der Waals surface area contributed by atoms with Crippen molar-refractivity contribution in [1.29, 1.82) is 0 Å². The highest BCUT2D eigenvalue weighted by Crippen LogP contribution is 2.39.